The van der Waals surface area contributed by atoms with Crippen molar-refractivity contribution in [3.05, 3.63) is 97.3 Å². The van der Waals surface area contributed by atoms with E-state index in [0.29, 0.717) is 0 Å². The third-order valence-corrected chi connectivity index (χ3v) is 3.67. The van der Waals surface area contributed by atoms with E-state index >= 15 is 0 Å². The van der Waals surface area contributed by atoms with Crippen LogP contribution in [0.25, 0.3) is 17.2 Å². The third kappa shape index (κ3) is 3.54. The highest BCUT2D eigenvalue weighted by Gasteiger charge is 2.22. The van der Waals surface area contributed by atoms with Gasteiger partial charge in [0.25, 0.3) is 0 Å². The molecule has 0 saturated heterocycles. The van der Waals surface area contributed by atoms with Crippen LogP contribution in [0.2, 0.25) is 0 Å². The summed E-state index contributed by atoms with van der Waals surface area (Å²) in [6, 6.07) is 16.7. The summed E-state index contributed by atoms with van der Waals surface area (Å²) < 4.78 is 0. The Hall–Kier alpha value is -2.15. The maximum Gasteiger partial charge on any atom is 0.163 e. The smallest absolute Gasteiger partial charge is 0.163 e. The Balaban J connectivity index is 1.68. The van der Waals surface area contributed by atoms with Gasteiger partial charge in [0.1, 0.15) is 0 Å². The van der Waals surface area contributed by atoms with E-state index < -0.39 is 0 Å². The van der Waals surface area contributed by atoms with Gasteiger partial charge in [-0.05, 0) is 55.4 Å². The van der Waals surface area contributed by atoms with Gasteiger partial charge in [-0.1, -0.05) is 60.2 Å². The van der Waals surface area contributed by atoms with Crippen molar-refractivity contribution >= 4 is 11.9 Å². The third-order valence-electron chi connectivity index (χ3n) is 3.67. The number of allylic oxidation sites excluding steroid dienone is 1. The standard InChI is InChI=1S/C21H17O/c1-16-6-11-18(12-7-16)19-13-8-17(9-14-19)10-15-21(22)20-4-2-3-5-20/h2-15H,1H3/b15-10+. The number of carbonyl (C=O) groups is 1. The van der Waals surface area contributed by atoms with Crippen molar-refractivity contribution in [3.8, 4) is 11.1 Å². The molecule has 1 fully saturated rings. The van der Waals surface area contributed by atoms with Crippen molar-refractivity contribution in [2.45, 2.75) is 6.92 Å². The minimum atomic E-state index is 0.0348. The summed E-state index contributed by atoms with van der Waals surface area (Å²) in [5.41, 5.74) is 4.67. The van der Waals surface area contributed by atoms with Crippen LogP contribution in [0.1, 0.15) is 11.1 Å². The molecular formula is C21H17O. The van der Waals surface area contributed by atoms with E-state index in [2.05, 4.69) is 43.3 Å². The van der Waals surface area contributed by atoms with Crippen molar-refractivity contribution in [1.29, 1.82) is 0 Å². The van der Waals surface area contributed by atoms with Gasteiger partial charge >= 0.3 is 0 Å². The molecule has 5 radical (unpaired) electrons. The van der Waals surface area contributed by atoms with E-state index in [-0.39, 0.29) is 5.78 Å². The molecule has 0 spiro atoms. The summed E-state index contributed by atoms with van der Waals surface area (Å²) in [5.74, 6) is 0.764. The zero-order chi connectivity index (χ0) is 15.4. The van der Waals surface area contributed by atoms with E-state index in [1.807, 2.05) is 43.9 Å². The van der Waals surface area contributed by atoms with Crippen LogP contribution in [-0.2, 0) is 4.79 Å². The Morgan fingerprint density at radius 2 is 1.36 bits per heavy atom. The molecule has 1 nitrogen and oxygen atoms in total. The summed E-state index contributed by atoms with van der Waals surface area (Å²) >= 11 is 0. The fraction of sp³-hybridized carbons (Fsp3) is 0.0476. The van der Waals surface area contributed by atoms with E-state index in [1.54, 1.807) is 6.08 Å². The highest BCUT2D eigenvalue weighted by Crippen LogP contribution is 2.25. The average Bonchev–Trinajstić information content (AvgIpc) is 3.08. The van der Waals surface area contributed by atoms with E-state index in [9.17, 15) is 4.79 Å². The zero-order valence-electron chi connectivity index (χ0n) is 12.5. The topological polar surface area (TPSA) is 17.1 Å². The molecule has 0 atom stereocenters. The fourth-order valence-electron chi connectivity index (χ4n) is 2.34. The molecule has 3 rings (SSSR count). The molecule has 0 aliphatic heterocycles. The predicted molar refractivity (Wildman–Crippen MR) is 91.1 cm³/mol. The number of hydrogen-bond acceptors (Lipinski definition) is 1. The van der Waals surface area contributed by atoms with Gasteiger partial charge in [0.15, 0.2) is 5.78 Å². The first kappa shape index (κ1) is 14.8. The highest BCUT2D eigenvalue weighted by molar-refractivity contribution is 6.07. The molecule has 107 valence electrons. The number of carbonyl (C=O) groups excluding carboxylic acids is 1. The van der Waals surface area contributed by atoms with E-state index in [4.69, 9.17) is 0 Å². The molecule has 0 unspecified atom stereocenters. The lowest BCUT2D eigenvalue weighted by Gasteiger charge is -2.03. The van der Waals surface area contributed by atoms with Crippen molar-refractivity contribution in [1.82, 2.24) is 0 Å². The molecular weight excluding hydrogens is 268 g/mol. The Kier molecular flexibility index (Phi) is 4.53. The second kappa shape index (κ2) is 6.74. The number of ketones is 1. The maximum absolute atomic E-state index is 11.9. The Labute approximate surface area is 132 Å². The molecule has 0 N–H and O–H groups in total. The van der Waals surface area contributed by atoms with Crippen LogP contribution < -0.4 is 0 Å². The Morgan fingerprint density at radius 1 is 0.818 bits per heavy atom. The first-order valence-electron chi connectivity index (χ1n) is 7.33. The molecule has 1 saturated carbocycles. The van der Waals surface area contributed by atoms with Gasteiger partial charge in [0, 0.05) is 0 Å². The number of aryl methyl sites for hydroxylation is 1. The molecule has 22 heavy (non-hydrogen) atoms. The minimum Gasteiger partial charge on any atom is -0.294 e. The molecule has 2 aromatic rings. The molecule has 0 aromatic heterocycles. The first-order valence-corrected chi connectivity index (χ1v) is 7.33. The van der Waals surface area contributed by atoms with Crippen molar-refractivity contribution in [2.24, 2.45) is 0 Å². The van der Waals surface area contributed by atoms with Crippen LogP contribution in [0.3, 0.4) is 0 Å². The average molecular weight is 285 g/mol. The van der Waals surface area contributed by atoms with E-state index in [1.165, 1.54) is 16.7 Å². The normalized spacial score (nSPS) is 15.5. The lowest BCUT2D eigenvalue weighted by atomic mass is 10.0. The molecule has 1 heteroatoms. The van der Waals surface area contributed by atoms with Crippen LogP contribution in [-0.4, -0.2) is 5.78 Å². The van der Waals surface area contributed by atoms with Gasteiger partial charge in [0.2, 0.25) is 0 Å². The quantitative estimate of drug-likeness (QED) is 0.747. The maximum atomic E-state index is 11.9. The Morgan fingerprint density at radius 3 is 1.95 bits per heavy atom. The second-order valence-corrected chi connectivity index (χ2v) is 5.36. The molecule has 1 aliphatic rings. The summed E-state index contributed by atoms with van der Waals surface area (Å²) in [6.45, 7) is 2.08. The molecule has 0 heterocycles. The highest BCUT2D eigenvalue weighted by atomic mass is 16.1. The summed E-state index contributed by atoms with van der Waals surface area (Å²) in [5, 5.41) is 0. The van der Waals surface area contributed by atoms with Crippen molar-refractivity contribution in [2.75, 3.05) is 0 Å². The first-order chi connectivity index (χ1) is 10.7. The van der Waals surface area contributed by atoms with Crippen LogP contribution in [0.15, 0.2) is 54.6 Å². The summed E-state index contributed by atoms with van der Waals surface area (Å²) in [4.78, 5) is 11.9. The van der Waals surface area contributed by atoms with Crippen LogP contribution in [0, 0.1) is 38.5 Å². The molecule has 0 bridgehead atoms. The van der Waals surface area contributed by atoms with Gasteiger partial charge in [-0.3, -0.25) is 4.79 Å². The number of rotatable bonds is 4. The largest absolute Gasteiger partial charge is 0.294 e. The lowest BCUT2D eigenvalue weighted by molar-refractivity contribution is -0.112. The van der Waals surface area contributed by atoms with Crippen LogP contribution >= 0.6 is 0 Å². The van der Waals surface area contributed by atoms with Gasteiger partial charge in [0.05, 0.1) is 5.92 Å². The van der Waals surface area contributed by atoms with Gasteiger partial charge in [-0.15, -0.1) is 0 Å². The van der Waals surface area contributed by atoms with Crippen LogP contribution in [0.5, 0.6) is 0 Å². The van der Waals surface area contributed by atoms with Crippen LogP contribution in [0.4, 0.5) is 0 Å². The van der Waals surface area contributed by atoms with Gasteiger partial charge < -0.3 is 0 Å². The number of benzene rings is 2. The molecule has 2 aromatic carbocycles. The van der Waals surface area contributed by atoms with E-state index in [0.717, 1.165) is 11.5 Å². The minimum absolute atomic E-state index is 0.0348. The van der Waals surface area contributed by atoms with Gasteiger partial charge in [-0.2, -0.15) is 0 Å². The van der Waals surface area contributed by atoms with Crippen molar-refractivity contribution < 1.29 is 4.79 Å². The summed E-state index contributed by atoms with van der Waals surface area (Å²) in [7, 11) is 0. The number of hydrogen-bond donors (Lipinski definition) is 0. The molecule has 1 aliphatic carbocycles. The zero-order valence-corrected chi connectivity index (χ0v) is 12.5. The fourth-order valence-corrected chi connectivity index (χ4v) is 2.34. The molecule has 0 amide bonds. The SMILES string of the molecule is Cc1ccc(-c2ccc(/C=C/C(=O)[C]3[CH][CH][CH][CH]3)cc2)cc1. The monoisotopic (exact) mass is 285 g/mol. The van der Waals surface area contributed by atoms with Crippen molar-refractivity contribution in [3.63, 3.8) is 0 Å². The predicted octanol–water partition coefficient (Wildman–Crippen LogP) is 4.65. The van der Waals surface area contributed by atoms with Gasteiger partial charge in [-0.25, -0.2) is 0 Å². The lowest BCUT2D eigenvalue weighted by Crippen LogP contribution is -2.05. The summed E-state index contributed by atoms with van der Waals surface area (Å²) in [6.07, 6.45) is 10.9. The Bertz CT molecular complexity index is 656. The second-order valence-electron chi connectivity index (χ2n) is 5.36.